The number of nitriles is 1. The van der Waals surface area contributed by atoms with Crippen LogP contribution in [-0.4, -0.2) is 30.2 Å². The second kappa shape index (κ2) is 4.02. The zero-order valence-corrected chi connectivity index (χ0v) is 8.51. The topological polar surface area (TPSA) is 93.2 Å². The van der Waals surface area contributed by atoms with E-state index in [-0.39, 0.29) is 5.69 Å². The maximum atomic E-state index is 8.79. The van der Waals surface area contributed by atoms with E-state index in [1.165, 1.54) is 28.8 Å². The summed E-state index contributed by atoms with van der Waals surface area (Å²) in [5, 5.41) is 20.8. The Bertz CT molecular complexity index is 514. The van der Waals surface area contributed by atoms with E-state index in [2.05, 4.69) is 25.5 Å². The smallest absolute Gasteiger partial charge is 0.215 e. The molecule has 0 atom stereocenters. The van der Waals surface area contributed by atoms with E-state index in [1.807, 2.05) is 6.07 Å². The van der Waals surface area contributed by atoms with Crippen molar-refractivity contribution in [2.75, 3.05) is 0 Å². The highest BCUT2D eigenvalue weighted by Gasteiger charge is 2.10. The van der Waals surface area contributed by atoms with Gasteiger partial charge in [0.05, 0.1) is 0 Å². The molecule has 0 spiro atoms. The zero-order valence-electron chi connectivity index (χ0n) is 7.69. The van der Waals surface area contributed by atoms with Crippen molar-refractivity contribution in [3.63, 3.8) is 0 Å². The average molecular weight is 219 g/mol. The molecule has 0 amide bonds. The molecule has 8 heteroatoms. The summed E-state index contributed by atoms with van der Waals surface area (Å²) in [5.74, 6) is 0. The third-order valence-corrected chi connectivity index (χ3v) is 2.56. The van der Waals surface area contributed by atoms with Crippen LogP contribution < -0.4 is 0 Å². The molecule has 2 aromatic heterocycles. The largest absolute Gasteiger partial charge is 0.245 e. The molecule has 2 heterocycles. The Labute approximate surface area is 89.2 Å². The molecule has 2 rings (SSSR count). The van der Waals surface area contributed by atoms with Crippen LogP contribution >= 0.6 is 11.8 Å². The van der Waals surface area contributed by atoms with Crippen molar-refractivity contribution in [3.05, 3.63) is 18.1 Å². The summed E-state index contributed by atoms with van der Waals surface area (Å²) in [5.41, 5.74) is 0.269. The lowest BCUT2D eigenvalue weighted by Crippen LogP contribution is -1.95. The van der Waals surface area contributed by atoms with Crippen molar-refractivity contribution >= 4 is 11.8 Å². The highest BCUT2D eigenvalue weighted by Crippen LogP contribution is 2.23. The van der Waals surface area contributed by atoms with Gasteiger partial charge in [-0.1, -0.05) is 0 Å². The van der Waals surface area contributed by atoms with Gasteiger partial charge in [0.25, 0.3) is 0 Å². The average Bonchev–Trinajstić information content (AvgIpc) is 2.65. The summed E-state index contributed by atoms with van der Waals surface area (Å²) in [4.78, 5) is 7.92. The first kappa shape index (κ1) is 9.54. The van der Waals surface area contributed by atoms with Crippen molar-refractivity contribution in [3.8, 4) is 6.07 Å². The van der Waals surface area contributed by atoms with Gasteiger partial charge in [-0.25, -0.2) is 14.6 Å². The van der Waals surface area contributed by atoms with Crippen LogP contribution in [0.1, 0.15) is 5.69 Å². The second-order valence-corrected chi connectivity index (χ2v) is 3.47. The van der Waals surface area contributed by atoms with Gasteiger partial charge in [-0.05, 0) is 22.2 Å². The van der Waals surface area contributed by atoms with Gasteiger partial charge < -0.3 is 0 Å². The SMILES string of the molecule is Cn1nnnc1Sc1nccnc1C#N. The predicted molar refractivity (Wildman–Crippen MR) is 49.7 cm³/mol. The van der Waals surface area contributed by atoms with Crippen molar-refractivity contribution in [1.82, 2.24) is 30.2 Å². The van der Waals surface area contributed by atoms with Gasteiger partial charge in [-0.2, -0.15) is 5.26 Å². The van der Waals surface area contributed by atoms with Crippen LogP contribution in [0.2, 0.25) is 0 Å². The molecule has 0 aliphatic heterocycles. The van der Waals surface area contributed by atoms with E-state index in [0.717, 1.165) is 0 Å². The molecule has 0 aliphatic rings. The van der Waals surface area contributed by atoms with Gasteiger partial charge >= 0.3 is 0 Å². The molecular formula is C7H5N7S. The Hall–Kier alpha value is -2.01. The summed E-state index contributed by atoms with van der Waals surface area (Å²) >= 11 is 1.20. The molecule has 74 valence electrons. The molecular weight excluding hydrogens is 214 g/mol. The zero-order chi connectivity index (χ0) is 10.7. The van der Waals surface area contributed by atoms with E-state index >= 15 is 0 Å². The molecule has 0 saturated heterocycles. The van der Waals surface area contributed by atoms with Gasteiger partial charge in [0.2, 0.25) is 5.16 Å². The highest BCUT2D eigenvalue weighted by molar-refractivity contribution is 7.99. The van der Waals surface area contributed by atoms with Crippen LogP contribution in [0.5, 0.6) is 0 Å². The van der Waals surface area contributed by atoms with Gasteiger partial charge in [0.15, 0.2) is 5.69 Å². The van der Waals surface area contributed by atoms with E-state index in [1.54, 1.807) is 7.05 Å². The number of hydrogen-bond acceptors (Lipinski definition) is 7. The summed E-state index contributed by atoms with van der Waals surface area (Å²) < 4.78 is 1.50. The molecule has 0 unspecified atom stereocenters. The normalized spacial score (nSPS) is 9.87. The predicted octanol–water partition coefficient (Wildman–Crippen LogP) is 0.0230. The molecule has 15 heavy (non-hydrogen) atoms. The van der Waals surface area contributed by atoms with Gasteiger partial charge in [0, 0.05) is 19.4 Å². The summed E-state index contributed by atoms with van der Waals surface area (Å²) in [7, 11) is 1.71. The van der Waals surface area contributed by atoms with E-state index < -0.39 is 0 Å². The van der Waals surface area contributed by atoms with Gasteiger partial charge in [0.1, 0.15) is 11.1 Å². The van der Waals surface area contributed by atoms with Crippen molar-refractivity contribution in [2.45, 2.75) is 10.2 Å². The minimum absolute atomic E-state index is 0.269. The summed E-state index contributed by atoms with van der Waals surface area (Å²) in [6.45, 7) is 0. The Morgan fingerprint density at radius 1 is 1.40 bits per heavy atom. The number of aromatic nitrogens is 6. The molecule has 7 nitrogen and oxygen atoms in total. The molecule has 0 fully saturated rings. The minimum atomic E-state index is 0.269. The first-order valence-electron chi connectivity index (χ1n) is 3.92. The van der Waals surface area contributed by atoms with Crippen LogP contribution in [0.3, 0.4) is 0 Å². The maximum Gasteiger partial charge on any atom is 0.215 e. The quantitative estimate of drug-likeness (QED) is 0.702. The fourth-order valence-electron chi connectivity index (χ4n) is 0.871. The number of nitrogens with zero attached hydrogens (tertiary/aromatic N) is 7. The Kier molecular flexibility index (Phi) is 2.55. The Morgan fingerprint density at radius 2 is 2.20 bits per heavy atom. The molecule has 0 saturated carbocycles. The lowest BCUT2D eigenvalue weighted by atomic mass is 10.5. The lowest BCUT2D eigenvalue weighted by Gasteiger charge is -1.98. The van der Waals surface area contributed by atoms with Crippen LogP contribution in [0.15, 0.2) is 22.6 Å². The summed E-state index contributed by atoms with van der Waals surface area (Å²) in [6.07, 6.45) is 2.99. The monoisotopic (exact) mass is 219 g/mol. The van der Waals surface area contributed by atoms with E-state index in [9.17, 15) is 0 Å². The first-order valence-corrected chi connectivity index (χ1v) is 4.74. The lowest BCUT2D eigenvalue weighted by molar-refractivity contribution is 0.664. The number of hydrogen-bond donors (Lipinski definition) is 0. The molecule has 0 N–H and O–H groups in total. The molecule has 0 bridgehead atoms. The Balaban J connectivity index is 2.33. The molecule has 0 aromatic carbocycles. The van der Waals surface area contributed by atoms with E-state index in [4.69, 9.17) is 5.26 Å². The number of rotatable bonds is 2. The van der Waals surface area contributed by atoms with Crippen molar-refractivity contribution in [1.29, 1.82) is 5.26 Å². The van der Waals surface area contributed by atoms with Crippen LogP contribution in [0.25, 0.3) is 0 Å². The minimum Gasteiger partial charge on any atom is -0.245 e. The maximum absolute atomic E-state index is 8.79. The first-order chi connectivity index (χ1) is 7.31. The molecule has 0 aliphatic carbocycles. The van der Waals surface area contributed by atoms with E-state index in [0.29, 0.717) is 10.2 Å². The number of tetrazole rings is 1. The van der Waals surface area contributed by atoms with Gasteiger partial charge in [-0.15, -0.1) is 5.10 Å². The van der Waals surface area contributed by atoms with Gasteiger partial charge in [-0.3, -0.25) is 0 Å². The molecule has 2 aromatic rings. The van der Waals surface area contributed by atoms with Crippen LogP contribution in [0, 0.1) is 11.3 Å². The summed E-state index contributed by atoms with van der Waals surface area (Å²) in [6, 6.07) is 1.96. The Morgan fingerprint density at radius 3 is 2.87 bits per heavy atom. The third kappa shape index (κ3) is 1.92. The fraction of sp³-hybridized carbons (Fsp3) is 0.143. The number of aryl methyl sites for hydroxylation is 1. The van der Waals surface area contributed by atoms with Crippen molar-refractivity contribution in [2.24, 2.45) is 7.05 Å². The van der Waals surface area contributed by atoms with Crippen molar-refractivity contribution < 1.29 is 0 Å². The van der Waals surface area contributed by atoms with Crippen LogP contribution in [0.4, 0.5) is 0 Å². The fourth-order valence-corrected chi connectivity index (χ4v) is 1.60. The molecule has 0 radical (unpaired) electrons. The van der Waals surface area contributed by atoms with Crippen LogP contribution in [-0.2, 0) is 7.05 Å². The standard InChI is InChI=1S/C7H5N7S/c1-14-7(11-12-13-14)15-6-5(4-8)9-2-3-10-6/h2-3H,1H3. The third-order valence-electron chi connectivity index (χ3n) is 1.54. The second-order valence-electron chi connectivity index (χ2n) is 2.51. The highest BCUT2D eigenvalue weighted by atomic mass is 32.2.